The van der Waals surface area contributed by atoms with Crippen molar-refractivity contribution in [3.8, 4) is 11.5 Å². The number of ether oxygens (including phenoxy) is 2. The summed E-state index contributed by atoms with van der Waals surface area (Å²) in [6.07, 6.45) is -5.01. The number of amides is 1. The van der Waals surface area contributed by atoms with Crippen LogP contribution in [0.25, 0.3) is 0 Å². The smallest absolute Gasteiger partial charge is 0.416 e. The predicted molar refractivity (Wildman–Crippen MR) is 124 cm³/mol. The van der Waals surface area contributed by atoms with Gasteiger partial charge in [0.1, 0.15) is 0 Å². The quantitative estimate of drug-likeness (QED) is 0.361. The highest BCUT2D eigenvalue weighted by Crippen LogP contribution is 2.34. The zero-order valence-corrected chi connectivity index (χ0v) is 20.1. The fraction of sp³-hybridized carbons (Fsp3) is 0.318. The molecule has 1 aromatic heterocycles. The molecule has 12 heteroatoms. The first kappa shape index (κ1) is 25.7. The monoisotopic (exact) mass is 514 g/mol. The lowest BCUT2D eigenvalue weighted by molar-refractivity contribution is -0.137. The summed E-state index contributed by atoms with van der Waals surface area (Å²) in [6, 6.07) is 9.96. The molecule has 3 aromatic rings. The van der Waals surface area contributed by atoms with Crippen LogP contribution in [-0.2, 0) is 17.5 Å². The molecule has 1 N–H and O–H groups in total. The molecular formula is C22H22ClF3N4O3S. The van der Waals surface area contributed by atoms with E-state index in [9.17, 15) is 18.0 Å². The molecule has 0 aliphatic heterocycles. The minimum Gasteiger partial charge on any atom is -0.493 e. The first-order valence-electron chi connectivity index (χ1n) is 10.2. The van der Waals surface area contributed by atoms with Crippen molar-refractivity contribution in [2.24, 2.45) is 0 Å². The van der Waals surface area contributed by atoms with Gasteiger partial charge in [0.15, 0.2) is 28.6 Å². The molecule has 0 saturated carbocycles. The van der Waals surface area contributed by atoms with Crippen LogP contribution in [0.5, 0.6) is 11.5 Å². The summed E-state index contributed by atoms with van der Waals surface area (Å²) in [6.45, 7) is 4.24. The van der Waals surface area contributed by atoms with Crippen molar-refractivity contribution >= 4 is 35.0 Å². The zero-order valence-electron chi connectivity index (χ0n) is 18.5. The van der Waals surface area contributed by atoms with Crippen molar-refractivity contribution in [1.82, 2.24) is 14.8 Å². The largest absolute Gasteiger partial charge is 0.493 e. The van der Waals surface area contributed by atoms with Crippen molar-refractivity contribution < 1.29 is 27.4 Å². The topological polar surface area (TPSA) is 78.3 Å². The third-order valence-electron chi connectivity index (χ3n) is 4.70. The summed E-state index contributed by atoms with van der Waals surface area (Å²) in [5.74, 6) is 1.05. The number of anilines is 1. The molecular weight excluding hydrogens is 493 g/mol. The van der Waals surface area contributed by atoms with Crippen LogP contribution in [0.1, 0.15) is 31.3 Å². The van der Waals surface area contributed by atoms with Gasteiger partial charge in [-0.05, 0) is 44.2 Å². The molecule has 34 heavy (non-hydrogen) atoms. The number of nitrogens with one attached hydrogen (secondary N) is 1. The average Bonchev–Trinajstić information content (AvgIpc) is 3.22. The molecule has 1 atom stereocenters. The summed E-state index contributed by atoms with van der Waals surface area (Å²) in [7, 11) is 1.55. The second kappa shape index (κ2) is 11.0. The molecule has 0 radical (unpaired) electrons. The number of aromatic nitrogens is 3. The van der Waals surface area contributed by atoms with Gasteiger partial charge < -0.3 is 19.4 Å². The van der Waals surface area contributed by atoms with Crippen LogP contribution < -0.4 is 14.8 Å². The minimum atomic E-state index is -4.55. The lowest BCUT2D eigenvalue weighted by Crippen LogP contribution is -2.16. The van der Waals surface area contributed by atoms with E-state index >= 15 is 0 Å². The average molecular weight is 515 g/mol. The fourth-order valence-corrected chi connectivity index (χ4v) is 4.05. The maximum atomic E-state index is 12.9. The Balaban J connectivity index is 1.67. The van der Waals surface area contributed by atoms with Crippen LogP contribution in [0.2, 0.25) is 5.02 Å². The molecule has 0 fully saturated rings. The predicted octanol–water partition coefficient (Wildman–Crippen LogP) is 5.85. The van der Waals surface area contributed by atoms with E-state index in [1.807, 2.05) is 26.0 Å². The van der Waals surface area contributed by atoms with Gasteiger partial charge in [0.05, 0.1) is 29.1 Å². The van der Waals surface area contributed by atoms with Crippen LogP contribution >= 0.6 is 23.4 Å². The van der Waals surface area contributed by atoms with Crippen LogP contribution in [-0.4, -0.2) is 33.5 Å². The second-order valence-corrected chi connectivity index (χ2v) is 8.37. The number of methoxy groups -OCH3 is 1. The Morgan fingerprint density at radius 3 is 2.56 bits per heavy atom. The van der Waals surface area contributed by atoms with E-state index < -0.39 is 23.8 Å². The summed E-state index contributed by atoms with van der Waals surface area (Å²) in [5, 5.41) is 11.2. The van der Waals surface area contributed by atoms with Gasteiger partial charge in [0.2, 0.25) is 5.91 Å². The molecule has 0 bridgehead atoms. The standard InChI is InChI=1S/C22H22ClF3N4O3S/c1-4-30-20(13(2)33-18-8-6-5-7-17(18)32-3)28-29-21(30)34-12-19(31)27-16-11-14(22(24,25)26)9-10-15(16)23/h5-11,13H,4,12H2,1-3H3,(H,27,31). The highest BCUT2D eigenvalue weighted by molar-refractivity contribution is 7.99. The molecule has 182 valence electrons. The summed E-state index contributed by atoms with van der Waals surface area (Å²) in [4.78, 5) is 12.4. The number of carbonyl (C=O) groups excluding carboxylic acids is 1. The number of benzene rings is 2. The third kappa shape index (κ3) is 6.15. The molecule has 1 unspecified atom stereocenters. The number of rotatable bonds is 9. The molecule has 7 nitrogen and oxygen atoms in total. The second-order valence-electron chi connectivity index (χ2n) is 7.03. The van der Waals surface area contributed by atoms with Gasteiger partial charge in [-0.3, -0.25) is 4.79 Å². The number of para-hydroxylation sites is 2. The molecule has 2 aromatic carbocycles. The van der Waals surface area contributed by atoms with Crippen molar-refractivity contribution in [3.05, 3.63) is 58.9 Å². The first-order chi connectivity index (χ1) is 16.1. The Hall–Kier alpha value is -2.92. The Labute approximate surface area is 203 Å². The third-order valence-corrected chi connectivity index (χ3v) is 5.99. The van der Waals surface area contributed by atoms with Crippen LogP contribution in [0.15, 0.2) is 47.6 Å². The van der Waals surface area contributed by atoms with E-state index in [4.69, 9.17) is 21.1 Å². The number of halogens is 4. The van der Waals surface area contributed by atoms with Crippen molar-refractivity contribution in [2.45, 2.75) is 37.8 Å². The van der Waals surface area contributed by atoms with Crippen molar-refractivity contribution in [1.29, 1.82) is 0 Å². The zero-order chi connectivity index (χ0) is 24.9. The maximum Gasteiger partial charge on any atom is 0.416 e. The molecule has 0 saturated heterocycles. The maximum absolute atomic E-state index is 12.9. The Bertz CT molecular complexity index is 1160. The van der Waals surface area contributed by atoms with E-state index in [-0.39, 0.29) is 16.5 Å². The molecule has 1 heterocycles. The molecule has 3 rings (SSSR count). The lowest BCUT2D eigenvalue weighted by atomic mass is 10.2. The van der Waals surface area contributed by atoms with Gasteiger partial charge in [0.25, 0.3) is 0 Å². The van der Waals surface area contributed by atoms with Crippen molar-refractivity contribution in [2.75, 3.05) is 18.2 Å². The summed E-state index contributed by atoms with van der Waals surface area (Å²) < 4.78 is 51.9. The van der Waals surface area contributed by atoms with Crippen LogP contribution in [0.4, 0.5) is 18.9 Å². The molecule has 1 amide bonds. The Kier molecular flexibility index (Phi) is 8.32. The van der Waals surface area contributed by atoms with E-state index in [1.54, 1.807) is 23.8 Å². The molecule has 0 aliphatic rings. The van der Waals surface area contributed by atoms with Gasteiger partial charge in [-0.2, -0.15) is 13.2 Å². The highest BCUT2D eigenvalue weighted by Gasteiger charge is 2.31. The number of carbonyl (C=O) groups is 1. The van der Waals surface area contributed by atoms with Gasteiger partial charge in [-0.1, -0.05) is 35.5 Å². The summed E-state index contributed by atoms with van der Waals surface area (Å²) >= 11 is 7.04. The normalized spacial score (nSPS) is 12.3. The minimum absolute atomic E-state index is 0.00711. The fourth-order valence-electron chi connectivity index (χ4n) is 3.08. The van der Waals surface area contributed by atoms with Gasteiger partial charge in [-0.25, -0.2) is 0 Å². The number of hydrogen-bond donors (Lipinski definition) is 1. The van der Waals surface area contributed by atoms with E-state index in [0.717, 1.165) is 30.0 Å². The van der Waals surface area contributed by atoms with Gasteiger partial charge in [-0.15, -0.1) is 10.2 Å². The van der Waals surface area contributed by atoms with Gasteiger partial charge >= 0.3 is 6.18 Å². The highest BCUT2D eigenvalue weighted by atomic mass is 35.5. The SMILES string of the molecule is CCn1c(SCC(=O)Nc2cc(C(F)(F)F)ccc2Cl)nnc1C(C)Oc1ccccc1OC. The summed E-state index contributed by atoms with van der Waals surface area (Å²) in [5.41, 5.74) is -1.02. The van der Waals surface area contributed by atoms with Gasteiger partial charge in [0, 0.05) is 6.54 Å². The van der Waals surface area contributed by atoms with E-state index in [2.05, 4.69) is 15.5 Å². The van der Waals surface area contributed by atoms with Crippen LogP contribution in [0, 0.1) is 0 Å². The van der Waals surface area contributed by atoms with E-state index in [1.165, 1.54) is 0 Å². The first-order valence-corrected chi connectivity index (χ1v) is 11.5. The van der Waals surface area contributed by atoms with E-state index in [0.29, 0.717) is 29.0 Å². The lowest BCUT2D eigenvalue weighted by Gasteiger charge is -2.17. The van der Waals surface area contributed by atoms with Crippen molar-refractivity contribution in [3.63, 3.8) is 0 Å². The number of alkyl halides is 3. The number of thioether (sulfide) groups is 1. The van der Waals surface area contributed by atoms with Crippen LogP contribution in [0.3, 0.4) is 0 Å². The molecule has 0 aliphatic carbocycles. The molecule has 0 spiro atoms. The number of nitrogens with zero attached hydrogens (tertiary/aromatic N) is 3. The number of hydrogen-bond acceptors (Lipinski definition) is 6. The Morgan fingerprint density at radius 2 is 1.91 bits per heavy atom. The Morgan fingerprint density at radius 1 is 1.21 bits per heavy atom.